The van der Waals surface area contributed by atoms with E-state index in [1.807, 2.05) is 37.3 Å². The lowest BCUT2D eigenvalue weighted by Gasteiger charge is -2.15. The first-order valence-corrected chi connectivity index (χ1v) is 10.3. The number of aromatic nitrogens is 3. The third-order valence-electron chi connectivity index (χ3n) is 4.74. The second-order valence-electron chi connectivity index (χ2n) is 7.07. The average Bonchev–Trinajstić information content (AvgIpc) is 3.29. The molecule has 2 aromatic carbocycles. The lowest BCUT2D eigenvalue weighted by atomic mass is 10.1. The second-order valence-corrected chi connectivity index (χ2v) is 7.07. The topological polar surface area (TPSA) is 106 Å². The van der Waals surface area contributed by atoms with Gasteiger partial charge in [-0.15, -0.1) is 24.0 Å². The van der Waals surface area contributed by atoms with E-state index in [-0.39, 0.29) is 24.0 Å². The highest BCUT2D eigenvalue weighted by molar-refractivity contribution is 14.0. The van der Waals surface area contributed by atoms with E-state index in [1.54, 1.807) is 21.3 Å². The molecule has 3 aromatic rings. The molecule has 9 nitrogen and oxygen atoms in total. The summed E-state index contributed by atoms with van der Waals surface area (Å²) in [5, 5.41) is 13.8. The molecule has 0 bridgehead atoms. The van der Waals surface area contributed by atoms with Gasteiger partial charge in [0.1, 0.15) is 23.9 Å². The van der Waals surface area contributed by atoms with Crippen molar-refractivity contribution >= 4 is 29.9 Å². The van der Waals surface area contributed by atoms with Crippen LogP contribution >= 0.6 is 24.0 Å². The van der Waals surface area contributed by atoms with Crippen LogP contribution in [0.5, 0.6) is 11.5 Å². The van der Waals surface area contributed by atoms with E-state index in [0.29, 0.717) is 43.9 Å². The van der Waals surface area contributed by atoms with Crippen LogP contribution in [-0.4, -0.2) is 55.6 Å². The summed E-state index contributed by atoms with van der Waals surface area (Å²) in [6.07, 6.45) is 0. The molecule has 33 heavy (non-hydrogen) atoms. The summed E-state index contributed by atoms with van der Waals surface area (Å²) in [4.78, 5) is 8.82. The first-order valence-electron chi connectivity index (χ1n) is 10.3. The third kappa shape index (κ3) is 7.90. The van der Waals surface area contributed by atoms with Crippen molar-refractivity contribution < 1.29 is 14.2 Å². The van der Waals surface area contributed by atoms with Crippen molar-refractivity contribution in [3.05, 3.63) is 59.4 Å². The van der Waals surface area contributed by atoms with Gasteiger partial charge in [0.15, 0.2) is 11.8 Å². The molecule has 0 amide bonds. The van der Waals surface area contributed by atoms with Gasteiger partial charge in [0, 0.05) is 31.8 Å². The summed E-state index contributed by atoms with van der Waals surface area (Å²) in [7, 11) is 5.02. The van der Waals surface area contributed by atoms with Crippen molar-refractivity contribution in [1.82, 2.24) is 25.8 Å². The number of aromatic amines is 1. The van der Waals surface area contributed by atoms with Crippen molar-refractivity contribution in [2.24, 2.45) is 4.99 Å². The van der Waals surface area contributed by atoms with Crippen molar-refractivity contribution in [3.8, 4) is 22.9 Å². The predicted molar refractivity (Wildman–Crippen MR) is 139 cm³/mol. The Morgan fingerprint density at radius 2 is 1.79 bits per heavy atom. The van der Waals surface area contributed by atoms with E-state index >= 15 is 0 Å². The molecule has 0 aliphatic rings. The fourth-order valence-electron chi connectivity index (χ4n) is 2.99. The number of halogens is 1. The highest BCUT2D eigenvalue weighted by atomic mass is 127. The number of ether oxygens (including phenoxy) is 3. The van der Waals surface area contributed by atoms with Crippen LogP contribution in [0.25, 0.3) is 11.4 Å². The molecule has 0 fully saturated rings. The van der Waals surface area contributed by atoms with Gasteiger partial charge in [-0.25, -0.2) is 4.98 Å². The molecule has 3 N–H and O–H groups in total. The molecule has 0 radical (unpaired) electrons. The lowest BCUT2D eigenvalue weighted by Crippen LogP contribution is -2.36. The Bertz CT molecular complexity index is 1020. The van der Waals surface area contributed by atoms with Gasteiger partial charge in [-0.1, -0.05) is 12.1 Å². The maximum Gasteiger partial charge on any atom is 0.191 e. The summed E-state index contributed by atoms with van der Waals surface area (Å²) in [5.74, 6) is 3.62. The van der Waals surface area contributed by atoms with E-state index in [9.17, 15) is 0 Å². The first kappa shape index (κ1) is 26.4. The Morgan fingerprint density at radius 3 is 2.48 bits per heavy atom. The van der Waals surface area contributed by atoms with E-state index in [0.717, 1.165) is 28.2 Å². The number of hydrogen-bond acceptors (Lipinski definition) is 6. The maximum atomic E-state index is 5.86. The zero-order valence-electron chi connectivity index (χ0n) is 19.3. The van der Waals surface area contributed by atoms with Gasteiger partial charge in [-0.2, -0.15) is 5.10 Å². The zero-order valence-corrected chi connectivity index (χ0v) is 21.7. The summed E-state index contributed by atoms with van der Waals surface area (Å²) in [6, 6.07) is 13.8. The van der Waals surface area contributed by atoms with Gasteiger partial charge in [0.25, 0.3) is 0 Å². The molecule has 0 aliphatic heterocycles. The van der Waals surface area contributed by atoms with Crippen molar-refractivity contribution in [1.29, 1.82) is 0 Å². The number of H-pyrrole nitrogens is 1. The minimum Gasteiger partial charge on any atom is -0.497 e. The number of benzene rings is 2. The molecule has 0 atom stereocenters. The minimum atomic E-state index is 0. The summed E-state index contributed by atoms with van der Waals surface area (Å²) < 4.78 is 16.1. The Morgan fingerprint density at radius 1 is 1.03 bits per heavy atom. The van der Waals surface area contributed by atoms with Crippen LogP contribution in [0.3, 0.4) is 0 Å². The molecule has 0 unspecified atom stereocenters. The van der Waals surface area contributed by atoms with E-state index in [4.69, 9.17) is 14.2 Å². The van der Waals surface area contributed by atoms with Crippen LogP contribution in [0, 0.1) is 6.92 Å². The van der Waals surface area contributed by atoms with Gasteiger partial charge in [-0.05, 0) is 42.8 Å². The Labute approximate surface area is 211 Å². The van der Waals surface area contributed by atoms with Crippen LogP contribution in [0.2, 0.25) is 0 Å². The van der Waals surface area contributed by atoms with E-state index < -0.39 is 0 Å². The SMILES string of the molecule is CN=C(NCc1nc(-c2ccc(OC)cc2)n[nH]1)NCc1ccc(C)cc1OCCOC.I. The van der Waals surface area contributed by atoms with E-state index in [2.05, 4.69) is 42.9 Å². The quantitative estimate of drug-likeness (QED) is 0.150. The number of guanidine groups is 1. The monoisotopic (exact) mass is 566 g/mol. The summed E-state index contributed by atoms with van der Waals surface area (Å²) in [6.45, 7) is 4.10. The first-order chi connectivity index (χ1) is 15.6. The zero-order chi connectivity index (χ0) is 22.8. The lowest BCUT2D eigenvalue weighted by molar-refractivity contribution is 0.145. The average molecular weight is 566 g/mol. The van der Waals surface area contributed by atoms with Crippen molar-refractivity contribution in [3.63, 3.8) is 0 Å². The van der Waals surface area contributed by atoms with Gasteiger partial charge in [0.2, 0.25) is 0 Å². The van der Waals surface area contributed by atoms with Crippen LogP contribution in [0.4, 0.5) is 0 Å². The molecule has 10 heteroatoms. The van der Waals surface area contributed by atoms with Gasteiger partial charge in [-0.3, -0.25) is 10.1 Å². The molecule has 3 rings (SSSR count). The highest BCUT2D eigenvalue weighted by Crippen LogP contribution is 2.21. The third-order valence-corrected chi connectivity index (χ3v) is 4.74. The Hall–Kier alpha value is -2.86. The number of rotatable bonds is 10. The predicted octanol–water partition coefficient (Wildman–Crippen LogP) is 3.30. The van der Waals surface area contributed by atoms with Gasteiger partial charge < -0.3 is 24.8 Å². The van der Waals surface area contributed by atoms with Crippen LogP contribution in [-0.2, 0) is 17.8 Å². The highest BCUT2D eigenvalue weighted by Gasteiger charge is 2.09. The Balaban J connectivity index is 0.00000385. The van der Waals surface area contributed by atoms with Gasteiger partial charge in [0.05, 0.1) is 20.3 Å². The molecule has 0 spiro atoms. The standard InChI is InChI=1S/C23H30N6O3.HI/c1-16-5-6-18(20(13-16)32-12-11-30-3)14-25-23(24-2)26-15-21-27-22(29-28-21)17-7-9-19(31-4)10-8-17;/h5-10,13H,11-12,14-15H2,1-4H3,(H2,24,25,26)(H,27,28,29);1H. The number of nitrogens with zero attached hydrogens (tertiary/aromatic N) is 3. The molecule has 1 aromatic heterocycles. The second kappa shape index (κ2) is 13.6. The number of nitrogens with one attached hydrogen (secondary N) is 3. The molecular weight excluding hydrogens is 535 g/mol. The van der Waals surface area contributed by atoms with Gasteiger partial charge >= 0.3 is 0 Å². The van der Waals surface area contributed by atoms with E-state index in [1.165, 1.54) is 0 Å². The minimum absolute atomic E-state index is 0. The molecule has 0 saturated carbocycles. The fraction of sp³-hybridized carbons (Fsp3) is 0.348. The molecular formula is C23H31IN6O3. The molecule has 1 heterocycles. The van der Waals surface area contributed by atoms with Crippen molar-refractivity contribution in [2.75, 3.05) is 34.5 Å². The smallest absolute Gasteiger partial charge is 0.191 e. The van der Waals surface area contributed by atoms with Crippen LogP contribution in [0.15, 0.2) is 47.5 Å². The number of aryl methyl sites for hydroxylation is 1. The fourth-order valence-corrected chi connectivity index (χ4v) is 2.99. The van der Waals surface area contributed by atoms with Crippen LogP contribution < -0.4 is 20.1 Å². The number of hydrogen-bond donors (Lipinski definition) is 3. The molecule has 0 aliphatic carbocycles. The number of aliphatic imine (C=N–C) groups is 1. The largest absolute Gasteiger partial charge is 0.497 e. The van der Waals surface area contributed by atoms with Crippen molar-refractivity contribution in [2.45, 2.75) is 20.0 Å². The van der Waals surface area contributed by atoms with Crippen LogP contribution in [0.1, 0.15) is 17.0 Å². The molecule has 178 valence electrons. The summed E-state index contributed by atoms with van der Waals surface area (Å²) >= 11 is 0. The Kier molecular flexibility index (Phi) is 10.9. The molecule has 0 saturated heterocycles. The normalized spacial score (nSPS) is 11.0. The maximum absolute atomic E-state index is 5.86. The number of methoxy groups -OCH3 is 2. The summed E-state index contributed by atoms with van der Waals surface area (Å²) in [5.41, 5.74) is 3.09.